The van der Waals surface area contributed by atoms with E-state index in [1.54, 1.807) is 0 Å². The molecule has 1 saturated heterocycles. The lowest BCUT2D eigenvalue weighted by molar-refractivity contribution is 0.171. The molecule has 0 saturated carbocycles. The van der Waals surface area contributed by atoms with Crippen LogP contribution < -0.4 is 0 Å². The zero-order valence-corrected chi connectivity index (χ0v) is 9.97. The largest absolute Gasteiger partial charge is 0.390 e. The number of imidazole rings is 1. The third kappa shape index (κ3) is 2.83. The average molecular weight is 223 g/mol. The number of likely N-dealkylation sites (tertiary alicyclic amines) is 1. The molecular weight excluding hydrogens is 202 g/mol. The maximum Gasteiger partial charge on any atom is 0.0950 e. The summed E-state index contributed by atoms with van der Waals surface area (Å²) in [6, 6.07) is 0.716. The quantitative estimate of drug-likeness (QED) is 0.835. The Hall–Kier alpha value is -0.870. The highest BCUT2D eigenvalue weighted by Crippen LogP contribution is 2.18. The van der Waals surface area contributed by atoms with Gasteiger partial charge >= 0.3 is 0 Å². The van der Waals surface area contributed by atoms with Crippen LogP contribution in [0.15, 0.2) is 12.5 Å². The molecule has 90 valence electrons. The highest BCUT2D eigenvalue weighted by Gasteiger charge is 2.18. The molecule has 1 atom stereocenters. The second kappa shape index (κ2) is 5.46. The zero-order chi connectivity index (χ0) is 11.4. The maximum absolute atomic E-state index is 8.93. The van der Waals surface area contributed by atoms with E-state index in [-0.39, 0.29) is 6.61 Å². The van der Waals surface area contributed by atoms with Gasteiger partial charge in [0.05, 0.1) is 18.6 Å². The topological polar surface area (TPSA) is 41.3 Å². The first-order chi connectivity index (χ1) is 7.79. The molecule has 0 bridgehead atoms. The first-order valence-electron chi connectivity index (χ1n) is 6.11. The Balaban J connectivity index is 1.81. The van der Waals surface area contributed by atoms with Gasteiger partial charge in [-0.15, -0.1) is 0 Å². The summed E-state index contributed by atoms with van der Waals surface area (Å²) in [4.78, 5) is 6.58. The molecular formula is C12H21N3O. The first-order valence-corrected chi connectivity index (χ1v) is 6.11. The number of hydrogen-bond acceptors (Lipinski definition) is 3. The molecule has 0 amide bonds. The summed E-state index contributed by atoms with van der Waals surface area (Å²) < 4.78 is 2.08. The molecule has 0 aliphatic carbocycles. The van der Waals surface area contributed by atoms with Crippen molar-refractivity contribution < 1.29 is 5.11 Å². The Bertz CT molecular complexity index is 324. The van der Waals surface area contributed by atoms with Gasteiger partial charge in [0, 0.05) is 18.8 Å². The van der Waals surface area contributed by atoms with Crippen molar-refractivity contribution in [3.8, 4) is 0 Å². The monoisotopic (exact) mass is 223 g/mol. The molecule has 1 N–H and O–H groups in total. The van der Waals surface area contributed by atoms with Gasteiger partial charge in [-0.1, -0.05) is 6.42 Å². The van der Waals surface area contributed by atoms with Gasteiger partial charge in [-0.25, -0.2) is 4.98 Å². The van der Waals surface area contributed by atoms with Crippen molar-refractivity contribution >= 4 is 0 Å². The molecule has 2 rings (SSSR count). The van der Waals surface area contributed by atoms with E-state index in [2.05, 4.69) is 21.5 Å². The van der Waals surface area contributed by atoms with Crippen LogP contribution in [0.5, 0.6) is 0 Å². The first kappa shape index (κ1) is 11.6. The van der Waals surface area contributed by atoms with Crippen molar-refractivity contribution in [3.05, 3.63) is 18.2 Å². The summed E-state index contributed by atoms with van der Waals surface area (Å²) in [6.45, 7) is 2.27. The van der Waals surface area contributed by atoms with E-state index < -0.39 is 0 Å². The van der Waals surface area contributed by atoms with E-state index in [0.717, 1.165) is 12.2 Å². The molecule has 1 aromatic rings. The SMILES string of the molecule is CN1CCCCC1CCn1cnc(CO)c1. The number of aryl methyl sites for hydroxylation is 1. The molecule has 16 heavy (non-hydrogen) atoms. The highest BCUT2D eigenvalue weighted by atomic mass is 16.3. The third-order valence-corrected chi connectivity index (χ3v) is 3.49. The third-order valence-electron chi connectivity index (χ3n) is 3.49. The van der Waals surface area contributed by atoms with E-state index in [1.807, 2.05) is 12.5 Å². The van der Waals surface area contributed by atoms with Crippen molar-refractivity contribution in [1.29, 1.82) is 0 Å². The lowest BCUT2D eigenvalue weighted by Gasteiger charge is -2.32. The summed E-state index contributed by atoms with van der Waals surface area (Å²) in [5.74, 6) is 0. The number of aliphatic hydroxyl groups excluding tert-OH is 1. The Morgan fingerprint density at radius 3 is 3.06 bits per heavy atom. The van der Waals surface area contributed by atoms with Gasteiger partial charge in [-0.05, 0) is 32.9 Å². The Labute approximate surface area is 96.9 Å². The normalized spacial score (nSPS) is 22.5. The Morgan fingerprint density at radius 2 is 2.38 bits per heavy atom. The Morgan fingerprint density at radius 1 is 1.50 bits per heavy atom. The van der Waals surface area contributed by atoms with E-state index in [1.165, 1.54) is 32.2 Å². The summed E-state index contributed by atoms with van der Waals surface area (Å²) in [6.07, 6.45) is 8.94. The van der Waals surface area contributed by atoms with E-state index in [9.17, 15) is 0 Å². The van der Waals surface area contributed by atoms with Crippen LogP contribution >= 0.6 is 0 Å². The molecule has 1 fully saturated rings. The van der Waals surface area contributed by atoms with Gasteiger partial charge < -0.3 is 14.6 Å². The van der Waals surface area contributed by atoms with Crippen molar-refractivity contribution in [2.24, 2.45) is 0 Å². The number of hydrogen-bond donors (Lipinski definition) is 1. The molecule has 0 radical (unpaired) electrons. The molecule has 1 aliphatic heterocycles. The molecule has 0 spiro atoms. The predicted octanol–water partition coefficient (Wildman–Crippen LogP) is 1.25. The molecule has 1 aliphatic rings. The van der Waals surface area contributed by atoms with Crippen LogP contribution in [0.4, 0.5) is 0 Å². The van der Waals surface area contributed by atoms with E-state index in [4.69, 9.17) is 5.11 Å². The summed E-state index contributed by atoms with van der Waals surface area (Å²) in [7, 11) is 2.22. The van der Waals surface area contributed by atoms with Crippen LogP contribution in [-0.2, 0) is 13.2 Å². The smallest absolute Gasteiger partial charge is 0.0950 e. The van der Waals surface area contributed by atoms with Crippen LogP contribution in [0.3, 0.4) is 0 Å². The van der Waals surface area contributed by atoms with Crippen molar-refractivity contribution in [2.75, 3.05) is 13.6 Å². The van der Waals surface area contributed by atoms with Crippen LogP contribution in [-0.4, -0.2) is 39.2 Å². The average Bonchev–Trinajstić information content (AvgIpc) is 2.76. The van der Waals surface area contributed by atoms with E-state index in [0.29, 0.717) is 6.04 Å². The molecule has 1 unspecified atom stereocenters. The minimum atomic E-state index is 0.0380. The Kier molecular flexibility index (Phi) is 3.96. The lowest BCUT2D eigenvalue weighted by atomic mass is 10.0. The molecule has 0 aromatic carbocycles. The maximum atomic E-state index is 8.93. The van der Waals surface area contributed by atoms with Crippen molar-refractivity contribution in [1.82, 2.24) is 14.5 Å². The summed E-state index contributed by atoms with van der Waals surface area (Å²) in [5, 5.41) is 8.93. The minimum Gasteiger partial charge on any atom is -0.390 e. The van der Waals surface area contributed by atoms with Gasteiger partial charge in [0.25, 0.3) is 0 Å². The molecule has 2 heterocycles. The fraction of sp³-hybridized carbons (Fsp3) is 0.750. The number of aliphatic hydroxyl groups is 1. The highest BCUT2D eigenvalue weighted by molar-refractivity contribution is 4.94. The number of piperidine rings is 1. The molecule has 4 nitrogen and oxygen atoms in total. The van der Waals surface area contributed by atoms with Gasteiger partial charge in [-0.3, -0.25) is 0 Å². The van der Waals surface area contributed by atoms with Gasteiger partial charge in [0.2, 0.25) is 0 Å². The second-order valence-electron chi connectivity index (χ2n) is 4.68. The zero-order valence-electron chi connectivity index (χ0n) is 9.97. The van der Waals surface area contributed by atoms with Gasteiger partial charge in [0.15, 0.2) is 0 Å². The van der Waals surface area contributed by atoms with Crippen molar-refractivity contribution in [2.45, 2.75) is 44.9 Å². The van der Waals surface area contributed by atoms with Crippen LogP contribution in [0.1, 0.15) is 31.4 Å². The molecule has 1 aromatic heterocycles. The number of nitrogens with zero attached hydrogens (tertiary/aromatic N) is 3. The minimum absolute atomic E-state index is 0.0380. The fourth-order valence-electron chi connectivity index (χ4n) is 2.42. The van der Waals surface area contributed by atoms with E-state index >= 15 is 0 Å². The van der Waals surface area contributed by atoms with Crippen LogP contribution in [0.25, 0.3) is 0 Å². The summed E-state index contributed by atoms with van der Waals surface area (Å²) in [5.41, 5.74) is 0.761. The molecule has 4 heteroatoms. The standard InChI is InChI=1S/C12H21N3O/c1-14-6-3-2-4-12(14)5-7-15-8-11(9-16)13-10-15/h8,10,12,16H,2-7,9H2,1H3. The summed E-state index contributed by atoms with van der Waals surface area (Å²) >= 11 is 0. The number of aromatic nitrogens is 2. The van der Waals surface area contributed by atoms with Crippen molar-refractivity contribution in [3.63, 3.8) is 0 Å². The van der Waals surface area contributed by atoms with Crippen LogP contribution in [0.2, 0.25) is 0 Å². The van der Waals surface area contributed by atoms with Crippen LogP contribution in [0, 0.1) is 0 Å². The second-order valence-corrected chi connectivity index (χ2v) is 4.68. The lowest BCUT2D eigenvalue weighted by Crippen LogP contribution is -2.36. The van der Waals surface area contributed by atoms with Gasteiger partial charge in [-0.2, -0.15) is 0 Å². The van der Waals surface area contributed by atoms with Gasteiger partial charge in [0.1, 0.15) is 0 Å². The fourth-order valence-corrected chi connectivity index (χ4v) is 2.42. The number of rotatable bonds is 4. The predicted molar refractivity (Wildman–Crippen MR) is 63.0 cm³/mol.